The van der Waals surface area contributed by atoms with Crippen molar-refractivity contribution in [2.45, 2.75) is 25.7 Å². The number of benzene rings is 1. The molecule has 1 aromatic rings. The van der Waals surface area contributed by atoms with Crippen LogP contribution in [0.25, 0.3) is 0 Å². The first-order chi connectivity index (χ1) is 9.53. The third-order valence-electron chi connectivity index (χ3n) is 2.89. The van der Waals surface area contributed by atoms with Crippen molar-refractivity contribution in [3.05, 3.63) is 30.3 Å². The van der Waals surface area contributed by atoms with Crippen molar-refractivity contribution in [1.82, 2.24) is 5.09 Å². The number of hydrogen-bond donors (Lipinski definition) is 2. The lowest BCUT2D eigenvalue weighted by atomic mass is 10.2. The summed E-state index contributed by atoms with van der Waals surface area (Å²) in [4.78, 5) is 11.7. The Morgan fingerprint density at radius 1 is 1.20 bits per heavy atom. The molecule has 0 aliphatic rings. The topological polar surface area (TPSA) is 67.4 Å². The fourth-order valence-electron chi connectivity index (χ4n) is 1.68. The maximum absolute atomic E-state index is 11.7. The van der Waals surface area contributed by atoms with Crippen molar-refractivity contribution >= 4 is 19.1 Å². The Balaban J connectivity index is 2.07. The molecule has 0 aliphatic heterocycles. The van der Waals surface area contributed by atoms with E-state index in [0.29, 0.717) is 13.0 Å². The van der Waals surface area contributed by atoms with Gasteiger partial charge < -0.3 is 9.84 Å². The molecule has 0 radical (unpaired) electrons. The van der Waals surface area contributed by atoms with Gasteiger partial charge in [-0.05, 0) is 25.0 Å². The first kappa shape index (κ1) is 16.9. The monoisotopic (exact) mass is 298 g/mol. The highest BCUT2D eigenvalue weighted by atomic mass is 31.2. The van der Waals surface area contributed by atoms with Crippen LogP contribution in [-0.4, -0.2) is 26.2 Å². The fourth-order valence-corrected chi connectivity index (χ4v) is 2.37. The lowest BCUT2D eigenvalue weighted by Crippen LogP contribution is -2.13. The molecule has 112 valence electrons. The molecule has 0 aliphatic carbocycles. The molecule has 1 rings (SSSR count). The molecule has 5 nitrogen and oxygen atoms in total. The van der Waals surface area contributed by atoms with E-state index in [9.17, 15) is 9.36 Å². The minimum absolute atomic E-state index is 0.0298. The largest absolute Gasteiger partial charge is 0.326 e. The Morgan fingerprint density at radius 3 is 2.55 bits per heavy atom. The first-order valence-electron chi connectivity index (χ1n) is 6.77. The predicted molar refractivity (Wildman–Crippen MR) is 82.1 cm³/mol. The number of carbonyl (C=O) groups is 1. The lowest BCUT2D eigenvalue weighted by molar-refractivity contribution is -0.116. The Hall–Kier alpha value is -1.16. The van der Waals surface area contributed by atoms with E-state index in [0.717, 1.165) is 24.9 Å². The van der Waals surface area contributed by atoms with Crippen molar-refractivity contribution < 1.29 is 13.9 Å². The number of nitrogens with one attached hydrogen (secondary N) is 2. The third kappa shape index (κ3) is 7.43. The van der Waals surface area contributed by atoms with Gasteiger partial charge in [0.1, 0.15) is 0 Å². The standard InChI is InChI=1S/C14H23N2O3P/c1-19-20(2,18)15-12-8-4-7-11-14(17)16-13-9-5-3-6-10-13/h3,5-6,9-10H,4,7-8,11-12H2,1-2H3,(H,15,18)(H,16,17). The molecule has 1 atom stereocenters. The SMILES string of the molecule is COP(C)(=O)NCCCCCC(=O)Nc1ccccc1. The van der Waals surface area contributed by atoms with E-state index in [2.05, 4.69) is 10.4 Å². The number of amides is 1. The van der Waals surface area contributed by atoms with Crippen molar-refractivity contribution in [3.63, 3.8) is 0 Å². The quantitative estimate of drug-likeness (QED) is 0.542. The highest BCUT2D eigenvalue weighted by Gasteiger charge is 2.10. The van der Waals surface area contributed by atoms with Crippen LogP contribution in [0.15, 0.2) is 30.3 Å². The summed E-state index contributed by atoms with van der Waals surface area (Å²) >= 11 is 0. The van der Waals surface area contributed by atoms with Gasteiger partial charge in [0.05, 0.1) is 0 Å². The summed E-state index contributed by atoms with van der Waals surface area (Å²) in [6.45, 7) is 2.20. The van der Waals surface area contributed by atoms with Gasteiger partial charge in [0.2, 0.25) is 5.91 Å². The molecule has 0 saturated heterocycles. The van der Waals surface area contributed by atoms with E-state index in [1.807, 2.05) is 30.3 Å². The first-order valence-corrected chi connectivity index (χ1v) is 8.84. The zero-order valence-corrected chi connectivity index (χ0v) is 13.0. The van der Waals surface area contributed by atoms with Crippen LogP contribution >= 0.6 is 7.52 Å². The van der Waals surface area contributed by atoms with Crippen LogP contribution in [0.4, 0.5) is 5.69 Å². The minimum atomic E-state index is -2.62. The molecule has 0 saturated carbocycles. The van der Waals surface area contributed by atoms with Gasteiger partial charge in [-0.15, -0.1) is 0 Å². The maximum Gasteiger partial charge on any atom is 0.266 e. The number of carbonyl (C=O) groups excluding carboxylic acids is 1. The fraction of sp³-hybridized carbons (Fsp3) is 0.500. The summed E-state index contributed by atoms with van der Waals surface area (Å²) in [6, 6.07) is 9.42. The van der Waals surface area contributed by atoms with Crippen LogP contribution in [0, 0.1) is 0 Å². The number of hydrogen-bond acceptors (Lipinski definition) is 3. The Morgan fingerprint density at radius 2 is 1.90 bits per heavy atom. The summed E-state index contributed by atoms with van der Waals surface area (Å²) in [5, 5.41) is 5.72. The van der Waals surface area contributed by atoms with Gasteiger partial charge in [0, 0.05) is 32.4 Å². The van der Waals surface area contributed by atoms with Crippen LogP contribution in [-0.2, 0) is 13.9 Å². The number of unbranched alkanes of at least 4 members (excludes halogenated alkanes) is 2. The van der Waals surface area contributed by atoms with Gasteiger partial charge in [0.15, 0.2) is 0 Å². The summed E-state index contributed by atoms with van der Waals surface area (Å²) in [7, 11) is -1.18. The molecule has 1 aromatic carbocycles. The summed E-state index contributed by atoms with van der Waals surface area (Å²) in [5.41, 5.74) is 0.825. The van der Waals surface area contributed by atoms with Gasteiger partial charge in [-0.1, -0.05) is 24.6 Å². The van der Waals surface area contributed by atoms with E-state index in [1.54, 1.807) is 6.66 Å². The van der Waals surface area contributed by atoms with E-state index < -0.39 is 7.52 Å². The van der Waals surface area contributed by atoms with Crippen molar-refractivity contribution in [2.75, 3.05) is 25.6 Å². The zero-order chi connectivity index (χ0) is 14.8. The summed E-state index contributed by atoms with van der Waals surface area (Å²) in [5.74, 6) is 0.0298. The second-order valence-electron chi connectivity index (χ2n) is 4.66. The molecule has 0 heterocycles. The molecule has 2 N–H and O–H groups in total. The molecule has 0 aromatic heterocycles. The lowest BCUT2D eigenvalue weighted by Gasteiger charge is -2.11. The smallest absolute Gasteiger partial charge is 0.266 e. The molecular formula is C14H23N2O3P. The number of anilines is 1. The van der Waals surface area contributed by atoms with E-state index in [4.69, 9.17) is 4.52 Å². The third-order valence-corrected chi connectivity index (χ3v) is 4.38. The van der Waals surface area contributed by atoms with Gasteiger partial charge >= 0.3 is 0 Å². The minimum Gasteiger partial charge on any atom is -0.326 e. The second-order valence-corrected chi connectivity index (χ2v) is 7.03. The maximum atomic E-state index is 11.7. The normalized spacial score (nSPS) is 13.7. The van der Waals surface area contributed by atoms with E-state index >= 15 is 0 Å². The van der Waals surface area contributed by atoms with E-state index in [1.165, 1.54) is 7.11 Å². The van der Waals surface area contributed by atoms with Crippen LogP contribution in [0.5, 0.6) is 0 Å². The highest BCUT2D eigenvalue weighted by Crippen LogP contribution is 2.35. The molecular weight excluding hydrogens is 275 g/mol. The van der Waals surface area contributed by atoms with Crippen molar-refractivity contribution in [1.29, 1.82) is 0 Å². The van der Waals surface area contributed by atoms with E-state index in [-0.39, 0.29) is 5.91 Å². The van der Waals surface area contributed by atoms with Gasteiger partial charge in [-0.25, -0.2) is 5.09 Å². The zero-order valence-electron chi connectivity index (χ0n) is 12.1. The molecule has 20 heavy (non-hydrogen) atoms. The number of para-hydroxylation sites is 1. The summed E-state index contributed by atoms with van der Waals surface area (Å²) < 4.78 is 16.4. The Labute approximate surface area is 120 Å². The van der Waals surface area contributed by atoms with Crippen LogP contribution in [0.2, 0.25) is 0 Å². The Bertz CT molecular complexity index is 451. The molecule has 1 unspecified atom stereocenters. The average molecular weight is 298 g/mol. The van der Waals surface area contributed by atoms with Crippen molar-refractivity contribution in [2.24, 2.45) is 0 Å². The van der Waals surface area contributed by atoms with Gasteiger partial charge in [0.25, 0.3) is 7.52 Å². The van der Waals surface area contributed by atoms with Crippen molar-refractivity contribution in [3.8, 4) is 0 Å². The Kier molecular flexibility index (Phi) is 7.52. The second kappa shape index (κ2) is 8.90. The number of rotatable bonds is 9. The highest BCUT2D eigenvalue weighted by molar-refractivity contribution is 7.55. The molecule has 0 spiro atoms. The van der Waals surface area contributed by atoms with Crippen LogP contribution in [0.3, 0.4) is 0 Å². The average Bonchev–Trinajstić information content (AvgIpc) is 2.44. The summed E-state index contributed by atoms with van der Waals surface area (Å²) in [6.07, 6.45) is 3.11. The molecule has 0 bridgehead atoms. The van der Waals surface area contributed by atoms with Gasteiger partial charge in [-0.3, -0.25) is 9.36 Å². The molecule has 6 heteroatoms. The molecule has 0 fully saturated rings. The van der Waals surface area contributed by atoms with Crippen LogP contribution in [0.1, 0.15) is 25.7 Å². The van der Waals surface area contributed by atoms with Gasteiger partial charge in [-0.2, -0.15) is 0 Å². The predicted octanol–water partition coefficient (Wildman–Crippen LogP) is 3.24. The molecule has 1 amide bonds. The van der Waals surface area contributed by atoms with Crippen LogP contribution < -0.4 is 10.4 Å².